The van der Waals surface area contributed by atoms with Crippen LogP contribution in [0.25, 0.3) is 0 Å². The highest BCUT2D eigenvalue weighted by Gasteiger charge is 2.03. The number of halogens is 1. The van der Waals surface area contributed by atoms with Crippen molar-refractivity contribution in [2.45, 2.75) is 26.8 Å². The second kappa shape index (κ2) is 8.35. The molecular formula is C14H23ClN2O. The standard InChI is InChI=1S/C14H23ClN2O/c1-3-8-17(4-2)9-7-16-11-12-10-13(15)5-6-14(12)18/h5-6,10,16,18H,3-4,7-9,11H2,1-2H3. The molecule has 18 heavy (non-hydrogen) atoms. The molecule has 0 fully saturated rings. The van der Waals surface area contributed by atoms with E-state index in [1.165, 1.54) is 6.42 Å². The summed E-state index contributed by atoms with van der Waals surface area (Å²) in [6.07, 6.45) is 1.18. The maximum Gasteiger partial charge on any atom is 0.120 e. The average Bonchev–Trinajstić information content (AvgIpc) is 2.37. The molecule has 1 rings (SSSR count). The lowest BCUT2D eigenvalue weighted by molar-refractivity contribution is 0.287. The van der Waals surface area contributed by atoms with E-state index < -0.39 is 0 Å². The fourth-order valence-corrected chi connectivity index (χ4v) is 2.09. The summed E-state index contributed by atoms with van der Waals surface area (Å²) in [6.45, 7) is 9.19. The van der Waals surface area contributed by atoms with Crippen molar-refractivity contribution in [3.05, 3.63) is 28.8 Å². The van der Waals surface area contributed by atoms with Crippen molar-refractivity contribution < 1.29 is 5.11 Å². The van der Waals surface area contributed by atoms with E-state index in [9.17, 15) is 5.11 Å². The van der Waals surface area contributed by atoms with Crippen LogP contribution in [0, 0.1) is 0 Å². The summed E-state index contributed by atoms with van der Waals surface area (Å²) < 4.78 is 0. The topological polar surface area (TPSA) is 35.5 Å². The van der Waals surface area contributed by atoms with E-state index in [1.54, 1.807) is 18.2 Å². The van der Waals surface area contributed by atoms with Crippen LogP contribution in [0.3, 0.4) is 0 Å². The fraction of sp³-hybridized carbons (Fsp3) is 0.571. The van der Waals surface area contributed by atoms with Crippen LogP contribution in [-0.2, 0) is 6.54 Å². The minimum absolute atomic E-state index is 0.299. The van der Waals surface area contributed by atoms with E-state index in [0.717, 1.165) is 31.7 Å². The Bertz CT molecular complexity index is 358. The largest absolute Gasteiger partial charge is 0.508 e. The Kier molecular flexibility index (Phi) is 7.09. The van der Waals surface area contributed by atoms with Gasteiger partial charge in [-0.15, -0.1) is 0 Å². The van der Waals surface area contributed by atoms with Crippen molar-refractivity contribution in [2.24, 2.45) is 0 Å². The number of benzene rings is 1. The molecule has 0 saturated heterocycles. The lowest BCUT2D eigenvalue weighted by Gasteiger charge is -2.19. The van der Waals surface area contributed by atoms with E-state index in [4.69, 9.17) is 11.6 Å². The Balaban J connectivity index is 2.31. The summed E-state index contributed by atoms with van der Waals surface area (Å²) in [5.74, 6) is 0.299. The van der Waals surface area contributed by atoms with E-state index >= 15 is 0 Å². The summed E-state index contributed by atoms with van der Waals surface area (Å²) in [5, 5.41) is 13.7. The van der Waals surface area contributed by atoms with Crippen molar-refractivity contribution in [2.75, 3.05) is 26.2 Å². The maximum absolute atomic E-state index is 9.66. The van der Waals surface area contributed by atoms with E-state index in [2.05, 4.69) is 24.1 Å². The molecule has 4 heteroatoms. The SMILES string of the molecule is CCCN(CC)CCNCc1cc(Cl)ccc1O. The number of aromatic hydroxyl groups is 1. The third kappa shape index (κ3) is 5.25. The highest BCUT2D eigenvalue weighted by Crippen LogP contribution is 2.20. The molecule has 0 aliphatic rings. The molecule has 0 unspecified atom stereocenters. The van der Waals surface area contributed by atoms with Gasteiger partial charge in [-0.3, -0.25) is 0 Å². The molecule has 1 aromatic carbocycles. The van der Waals surface area contributed by atoms with Gasteiger partial charge in [0.25, 0.3) is 0 Å². The van der Waals surface area contributed by atoms with Crippen LogP contribution in [0.2, 0.25) is 5.02 Å². The van der Waals surface area contributed by atoms with Crippen LogP contribution in [0.4, 0.5) is 0 Å². The summed E-state index contributed by atoms with van der Waals surface area (Å²) in [4.78, 5) is 2.41. The Hall–Kier alpha value is -0.770. The molecule has 0 atom stereocenters. The zero-order valence-electron chi connectivity index (χ0n) is 11.2. The van der Waals surface area contributed by atoms with E-state index in [0.29, 0.717) is 17.3 Å². The zero-order chi connectivity index (χ0) is 13.4. The summed E-state index contributed by atoms with van der Waals surface area (Å²) in [6, 6.07) is 5.13. The fourth-order valence-electron chi connectivity index (χ4n) is 1.90. The predicted molar refractivity (Wildman–Crippen MR) is 77.2 cm³/mol. The molecule has 0 bridgehead atoms. The van der Waals surface area contributed by atoms with Gasteiger partial charge in [-0.1, -0.05) is 25.4 Å². The highest BCUT2D eigenvalue weighted by atomic mass is 35.5. The quantitative estimate of drug-likeness (QED) is 0.713. The molecule has 3 nitrogen and oxygen atoms in total. The normalized spacial score (nSPS) is 11.1. The number of likely N-dealkylation sites (N-methyl/N-ethyl adjacent to an activating group) is 1. The Morgan fingerprint density at radius 1 is 1.28 bits per heavy atom. The maximum atomic E-state index is 9.66. The number of phenols is 1. The Morgan fingerprint density at radius 3 is 2.72 bits per heavy atom. The third-order valence-corrected chi connectivity index (χ3v) is 3.18. The van der Waals surface area contributed by atoms with Gasteiger partial charge in [0.15, 0.2) is 0 Å². The predicted octanol–water partition coefficient (Wildman–Crippen LogP) is 2.87. The van der Waals surface area contributed by atoms with Crippen LogP contribution in [0.15, 0.2) is 18.2 Å². The summed E-state index contributed by atoms with van der Waals surface area (Å²) in [7, 11) is 0. The average molecular weight is 271 g/mol. The lowest BCUT2D eigenvalue weighted by Crippen LogP contribution is -2.32. The first-order valence-corrected chi connectivity index (χ1v) is 6.95. The van der Waals surface area contributed by atoms with Crippen LogP contribution in [0.5, 0.6) is 5.75 Å². The van der Waals surface area contributed by atoms with Gasteiger partial charge in [0.1, 0.15) is 5.75 Å². The number of rotatable bonds is 8. The molecular weight excluding hydrogens is 248 g/mol. The van der Waals surface area contributed by atoms with Crippen LogP contribution in [-0.4, -0.2) is 36.2 Å². The molecule has 0 aliphatic carbocycles. The van der Waals surface area contributed by atoms with Gasteiger partial charge < -0.3 is 15.3 Å². The minimum atomic E-state index is 0.299. The molecule has 0 saturated carbocycles. The molecule has 0 aromatic heterocycles. The number of nitrogens with zero attached hydrogens (tertiary/aromatic N) is 1. The first-order valence-electron chi connectivity index (χ1n) is 6.57. The van der Waals surface area contributed by atoms with Crippen LogP contribution < -0.4 is 5.32 Å². The third-order valence-electron chi connectivity index (χ3n) is 2.95. The lowest BCUT2D eigenvalue weighted by atomic mass is 10.2. The van der Waals surface area contributed by atoms with Gasteiger partial charge in [-0.05, 0) is 37.7 Å². The van der Waals surface area contributed by atoms with E-state index in [1.807, 2.05) is 0 Å². The number of phenolic OH excluding ortho intramolecular Hbond substituents is 1. The minimum Gasteiger partial charge on any atom is -0.508 e. The van der Waals surface area contributed by atoms with Crippen molar-refractivity contribution in [1.82, 2.24) is 10.2 Å². The molecule has 1 aromatic rings. The Labute approximate surface area is 115 Å². The second-order valence-electron chi connectivity index (χ2n) is 4.38. The second-order valence-corrected chi connectivity index (χ2v) is 4.82. The van der Waals surface area contributed by atoms with Crippen molar-refractivity contribution in [3.63, 3.8) is 0 Å². The monoisotopic (exact) mass is 270 g/mol. The molecule has 0 heterocycles. The molecule has 0 amide bonds. The molecule has 0 radical (unpaired) electrons. The number of nitrogens with one attached hydrogen (secondary N) is 1. The van der Waals surface area contributed by atoms with Gasteiger partial charge in [0, 0.05) is 30.2 Å². The number of hydrogen-bond donors (Lipinski definition) is 2. The van der Waals surface area contributed by atoms with Crippen LogP contribution in [0.1, 0.15) is 25.8 Å². The zero-order valence-corrected chi connectivity index (χ0v) is 12.0. The summed E-state index contributed by atoms with van der Waals surface area (Å²) >= 11 is 5.90. The smallest absolute Gasteiger partial charge is 0.120 e. The van der Waals surface area contributed by atoms with Crippen LogP contribution >= 0.6 is 11.6 Å². The first-order chi connectivity index (χ1) is 8.67. The highest BCUT2D eigenvalue weighted by molar-refractivity contribution is 6.30. The molecule has 2 N–H and O–H groups in total. The van der Waals surface area contributed by atoms with Gasteiger partial charge in [0.2, 0.25) is 0 Å². The van der Waals surface area contributed by atoms with Gasteiger partial charge >= 0.3 is 0 Å². The van der Waals surface area contributed by atoms with Gasteiger partial charge in [0.05, 0.1) is 0 Å². The van der Waals surface area contributed by atoms with Gasteiger partial charge in [-0.25, -0.2) is 0 Å². The first kappa shape index (κ1) is 15.3. The molecule has 0 spiro atoms. The molecule has 102 valence electrons. The van der Waals surface area contributed by atoms with Gasteiger partial charge in [-0.2, -0.15) is 0 Å². The Morgan fingerprint density at radius 2 is 2.06 bits per heavy atom. The van der Waals surface area contributed by atoms with Crippen molar-refractivity contribution >= 4 is 11.6 Å². The molecule has 0 aliphatic heterocycles. The summed E-state index contributed by atoms with van der Waals surface area (Å²) in [5.41, 5.74) is 0.848. The number of hydrogen-bond acceptors (Lipinski definition) is 3. The van der Waals surface area contributed by atoms with Crippen molar-refractivity contribution in [3.8, 4) is 5.75 Å². The van der Waals surface area contributed by atoms with Crippen molar-refractivity contribution in [1.29, 1.82) is 0 Å². The van der Waals surface area contributed by atoms with E-state index in [-0.39, 0.29) is 0 Å².